The monoisotopic (exact) mass is 382 g/mol. The first kappa shape index (κ1) is 18.3. The molecule has 0 saturated heterocycles. The van der Waals surface area contributed by atoms with Crippen molar-refractivity contribution in [1.82, 2.24) is 0 Å². The molecule has 0 aliphatic heterocycles. The zero-order valence-corrected chi connectivity index (χ0v) is 15.8. The summed E-state index contributed by atoms with van der Waals surface area (Å²) in [6, 6.07) is 0. The van der Waals surface area contributed by atoms with E-state index in [2.05, 4.69) is 69.5 Å². The number of carbonyl (C=O) groups excluding carboxylic acids is 1. The lowest BCUT2D eigenvalue weighted by Gasteiger charge is -2.41. The molecule has 0 spiro atoms. The molecule has 3 atom stereocenters. The van der Waals surface area contributed by atoms with Gasteiger partial charge in [0.1, 0.15) is 6.29 Å². The zero-order valence-electron chi connectivity index (χ0n) is 12.7. The van der Waals surface area contributed by atoms with Crippen LogP contribution in [0, 0.1) is 11.8 Å². The molecular formula is C14H27IO2Si. The Morgan fingerprint density at radius 3 is 2.00 bits per heavy atom. The second-order valence-electron chi connectivity index (χ2n) is 6.52. The van der Waals surface area contributed by atoms with Crippen molar-refractivity contribution in [2.24, 2.45) is 11.8 Å². The molecule has 0 amide bonds. The molecule has 0 rings (SSSR count). The molecule has 0 aromatic carbocycles. The van der Waals surface area contributed by atoms with Gasteiger partial charge in [-0.25, -0.2) is 0 Å². The molecular weight excluding hydrogens is 355 g/mol. The highest BCUT2D eigenvalue weighted by Crippen LogP contribution is 2.39. The standard InChI is InChI=1S/C14H27IO2Si/c1-11(8-9-15)13(12(2)10-16)17-18(6,7)14(3,4)5/h8-13H,1-7H3/b9-8-/t11-,12-,13-/m0/s1. The average Bonchev–Trinajstić information content (AvgIpc) is 2.23. The smallest absolute Gasteiger partial charge is 0.192 e. The van der Waals surface area contributed by atoms with Crippen LogP contribution in [0.5, 0.6) is 0 Å². The van der Waals surface area contributed by atoms with Crippen LogP contribution in [0.1, 0.15) is 34.6 Å². The normalized spacial score (nSPS) is 18.7. The second kappa shape index (κ2) is 7.19. The van der Waals surface area contributed by atoms with E-state index in [0.29, 0.717) is 0 Å². The first-order valence-corrected chi connectivity index (χ1v) is 10.6. The van der Waals surface area contributed by atoms with E-state index in [-0.39, 0.29) is 23.0 Å². The van der Waals surface area contributed by atoms with Crippen molar-refractivity contribution >= 4 is 37.2 Å². The SMILES string of the molecule is C[C@@H](C=O)[C@@H](O[Si](C)(C)C(C)(C)C)[C@@H](C)/C=C\I. The summed E-state index contributed by atoms with van der Waals surface area (Å²) in [5.74, 6) is 0.193. The molecule has 4 heteroatoms. The summed E-state index contributed by atoms with van der Waals surface area (Å²) >= 11 is 2.21. The van der Waals surface area contributed by atoms with E-state index in [9.17, 15) is 4.79 Å². The van der Waals surface area contributed by atoms with E-state index < -0.39 is 8.32 Å². The summed E-state index contributed by atoms with van der Waals surface area (Å²) in [7, 11) is -1.83. The summed E-state index contributed by atoms with van der Waals surface area (Å²) in [4.78, 5) is 11.1. The maximum atomic E-state index is 11.1. The molecule has 0 unspecified atom stereocenters. The number of aldehydes is 1. The highest BCUT2D eigenvalue weighted by atomic mass is 127. The summed E-state index contributed by atoms with van der Waals surface area (Å²) in [5.41, 5.74) is 0. The highest BCUT2D eigenvalue weighted by Gasteiger charge is 2.41. The molecule has 18 heavy (non-hydrogen) atoms. The third kappa shape index (κ3) is 5.13. The van der Waals surface area contributed by atoms with Crippen LogP contribution in [0.15, 0.2) is 10.2 Å². The predicted molar refractivity (Wildman–Crippen MR) is 89.6 cm³/mol. The van der Waals surface area contributed by atoms with Gasteiger partial charge in [-0.2, -0.15) is 0 Å². The van der Waals surface area contributed by atoms with E-state index in [0.717, 1.165) is 6.29 Å². The fraction of sp³-hybridized carbons (Fsp3) is 0.786. The fourth-order valence-electron chi connectivity index (χ4n) is 1.51. The predicted octanol–water partition coefficient (Wildman–Crippen LogP) is 4.80. The number of carbonyl (C=O) groups is 1. The third-order valence-electron chi connectivity index (χ3n) is 3.86. The Morgan fingerprint density at radius 2 is 1.67 bits per heavy atom. The van der Waals surface area contributed by atoms with E-state index in [1.54, 1.807) is 0 Å². The summed E-state index contributed by atoms with van der Waals surface area (Å²) in [6.45, 7) is 15.2. The van der Waals surface area contributed by atoms with Crippen molar-refractivity contribution in [2.45, 2.75) is 58.9 Å². The maximum absolute atomic E-state index is 11.1. The molecule has 0 N–H and O–H groups in total. The van der Waals surface area contributed by atoms with Crippen LogP contribution in [0.25, 0.3) is 0 Å². The van der Waals surface area contributed by atoms with Gasteiger partial charge in [0.2, 0.25) is 0 Å². The van der Waals surface area contributed by atoms with Crippen LogP contribution in [-0.4, -0.2) is 20.7 Å². The molecule has 106 valence electrons. The molecule has 0 saturated carbocycles. The Labute approximate surface area is 127 Å². The summed E-state index contributed by atoms with van der Waals surface area (Å²) in [6.07, 6.45) is 3.10. The quantitative estimate of drug-likeness (QED) is 0.375. The lowest BCUT2D eigenvalue weighted by atomic mass is 9.95. The molecule has 0 radical (unpaired) electrons. The van der Waals surface area contributed by atoms with Crippen molar-refractivity contribution < 1.29 is 9.22 Å². The van der Waals surface area contributed by atoms with Gasteiger partial charge in [-0.05, 0) is 22.2 Å². The highest BCUT2D eigenvalue weighted by molar-refractivity contribution is 14.1. The zero-order chi connectivity index (χ0) is 14.6. The van der Waals surface area contributed by atoms with Crippen LogP contribution in [0.3, 0.4) is 0 Å². The average molecular weight is 382 g/mol. The molecule has 0 aromatic rings. The lowest BCUT2D eigenvalue weighted by molar-refractivity contribution is -0.113. The van der Waals surface area contributed by atoms with Crippen molar-refractivity contribution in [3.63, 3.8) is 0 Å². The van der Waals surface area contributed by atoms with Crippen LogP contribution in [0.4, 0.5) is 0 Å². The van der Waals surface area contributed by atoms with Crippen LogP contribution in [0.2, 0.25) is 18.1 Å². The topological polar surface area (TPSA) is 26.3 Å². The molecule has 0 fully saturated rings. The second-order valence-corrected chi connectivity index (χ2v) is 12.0. The Kier molecular flexibility index (Phi) is 7.32. The molecule has 0 aliphatic carbocycles. The van der Waals surface area contributed by atoms with E-state index in [4.69, 9.17) is 4.43 Å². The van der Waals surface area contributed by atoms with Crippen molar-refractivity contribution in [2.75, 3.05) is 0 Å². The van der Waals surface area contributed by atoms with Gasteiger partial charge in [-0.3, -0.25) is 0 Å². The Bertz CT molecular complexity index is 295. The summed E-state index contributed by atoms with van der Waals surface area (Å²) in [5, 5.41) is 0.168. The van der Waals surface area contributed by atoms with Crippen LogP contribution >= 0.6 is 22.6 Å². The van der Waals surface area contributed by atoms with Crippen molar-refractivity contribution in [3.05, 3.63) is 10.2 Å². The Morgan fingerprint density at radius 1 is 1.17 bits per heavy atom. The number of halogens is 1. The molecule has 0 bridgehead atoms. The largest absolute Gasteiger partial charge is 0.413 e. The molecule has 0 heterocycles. The maximum Gasteiger partial charge on any atom is 0.192 e. The summed E-state index contributed by atoms with van der Waals surface area (Å²) < 4.78 is 8.42. The van der Waals surface area contributed by atoms with E-state index in [1.807, 2.05) is 11.0 Å². The van der Waals surface area contributed by atoms with Gasteiger partial charge in [0.25, 0.3) is 0 Å². The molecule has 2 nitrogen and oxygen atoms in total. The fourth-order valence-corrected chi connectivity index (χ4v) is 3.63. The van der Waals surface area contributed by atoms with Gasteiger partial charge in [0.05, 0.1) is 6.10 Å². The van der Waals surface area contributed by atoms with Gasteiger partial charge >= 0.3 is 0 Å². The number of hydrogen-bond donors (Lipinski definition) is 0. The van der Waals surface area contributed by atoms with Crippen molar-refractivity contribution in [1.29, 1.82) is 0 Å². The van der Waals surface area contributed by atoms with Gasteiger partial charge in [0.15, 0.2) is 8.32 Å². The van der Waals surface area contributed by atoms with E-state index in [1.165, 1.54) is 0 Å². The van der Waals surface area contributed by atoms with E-state index >= 15 is 0 Å². The van der Waals surface area contributed by atoms with Crippen molar-refractivity contribution in [3.8, 4) is 0 Å². The van der Waals surface area contributed by atoms with Gasteiger partial charge in [-0.15, -0.1) is 0 Å². The molecule has 0 aliphatic rings. The first-order valence-electron chi connectivity index (χ1n) is 6.47. The third-order valence-corrected chi connectivity index (χ3v) is 8.75. The lowest BCUT2D eigenvalue weighted by Crippen LogP contribution is -2.47. The minimum absolute atomic E-state index is 0.0191. The Hall–Kier alpha value is 0.317. The van der Waals surface area contributed by atoms with Gasteiger partial charge in [-0.1, -0.05) is 63.3 Å². The number of hydrogen-bond acceptors (Lipinski definition) is 2. The van der Waals surface area contributed by atoms with Crippen LogP contribution in [-0.2, 0) is 9.22 Å². The molecule has 0 aromatic heterocycles. The minimum atomic E-state index is -1.83. The van der Waals surface area contributed by atoms with Gasteiger partial charge < -0.3 is 9.22 Å². The minimum Gasteiger partial charge on any atom is -0.413 e. The van der Waals surface area contributed by atoms with Gasteiger partial charge in [0, 0.05) is 11.8 Å². The number of rotatable bonds is 6. The Balaban J connectivity index is 5.07. The van der Waals surface area contributed by atoms with Crippen LogP contribution < -0.4 is 0 Å². The first-order chi connectivity index (χ1) is 8.06.